The molecule has 0 unspecified atom stereocenters. The van der Waals surface area contributed by atoms with Crippen molar-refractivity contribution in [1.29, 1.82) is 0 Å². The van der Waals surface area contributed by atoms with Crippen LogP contribution in [0.25, 0.3) is 5.65 Å². The van der Waals surface area contributed by atoms with Gasteiger partial charge in [-0.3, -0.25) is 14.7 Å². The zero-order chi connectivity index (χ0) is 18.7. The smallest absolute Gasteiger partial charge is 0.276 e. The molecule has 136 valence electrons. The number of halogens is 1. The Kier molecular flexibility index (Phi) is 5.16. The fourth-order valence-corrected chi connectivity index (χ4v) is 2.83. The number of aryl methyl sites for hydroxylation is 1. The number of aromatic amines is 1. The van der Waals surface area contributed by atoms with Gasteiger partial charge in [-0.2, -0.15) is 0 Å². The Bertz CT molecular complexity index is 1010. The lowest BCUT2D eigenvalue weighted by Gasteiger charge is -2.07. The first-order chi connectivity index (χ1) is 12.5. The molecule has 0 saturated heterocycles. The molecule has 2 heterocycles. The lowest BCUT2D eigenvalue weighted by Crippen LogP contribution is -2.26. The van der Waals surface area contributed by atoms with E-state index < -0.39 is 0 Å². The number of amides is 1. The van der Waals surface area contributed by atoms with Gasteiger partial charge in [-0.05, 0) is 25.0 Å². The van der Waals surface area contributed by atoms with Crippen LogP contribution in [0.5, 0.6) is 0 Å². The topological polar surface area (TPSA) is 79.3 Å². The molecule has 0 aliphatic heterocycles. The Hall–Kier alpha value is -2.96. The van der Waals surface area contributed by atoms with Gasteiger partial charge in [0.25, 0.3) is 11.5 Å². The average molecular weight is 356 g/mol. The first-order valence-electron chi connectivity index (χ1n) is 8.64. The number of carbonyl (C=O) groups excluding carboxylic acids is 1. The molecule has 6 nitrogen and oxygen atoms in total. The Morgan fingerprint density at radius 3 is 2.85 bits per heavy atom. The van der Waals surface area contributed by atoms with Gasteiger partial charge in [-0.1, -0.05) is 31.5 Å². The maximum absolute atomic E-state index is 13.9. The number of benzene rings is 1. The largest absolute Gasteiger partial charge is 0.352 e. The molecular formula is C19H21FN4O2. The van der Waals surface area contributed by atoms with E-state index in [0.29, 0.717) is 28.9 Å². The van der Waals surface area contributed by atoms with E-state index in [9.17, 15) is 14.0 Å². The number of hydrogen-bond donors (Lipinski definition) is 2. The van der Waals surface area contributed by atoms with Crippen molar-refractivity contribution in [2.24, 2.45) is 0 Å². The average Bonchev–Trinajstić information content (AvgIpc) is 3.04. The van der Waals surface area contributed by atoms with E-state index in [0.717, 1.165) is 12.8 Å². The highest BCUT2D eigenvalue weighted by molar-refractivity contribution is 5.99. The third-order valence-corrected chi connectivity index (χ3v) is 4.35. The van der Waals surface area contributed by atoms with Gasteiger partial charge in [0, 0.05) is 30.4 Å². The van der Waals surface area contributed by atoms with Crippen molar-refractivity contribution in [2.75, 3.05) is 6.54 Å². The van der Waals surface area contributed by atoms with Gasteiger partial charge >= 0.3 is 0 Å². The van der Waals surface area contributed by atoms with Crippen LogP contribution in [-0.4, -0.2) is 27.0 Å². The minimum atomic E-state index is -0.362. The summed E-state index contributed by atoms with van der Waals surface area (Å²) in [6, 6.07) is 6.34. The molecule has 0 aliphatic rings. The predicted molar refractivity (Wildman–Crippen MR) is 97.0 cm³/mol. The molecule has 3 aromatic rings. The molecule has 7 heteroatoms. The van der Waals surface area contributed by atoms with Gasteiger partial charge in [0.1, 0.15) is 11.4 Å². The zero-order valence-corrected chi connectivity index (χ0v) is 14.8. The van der Waals surface area contributed by atoms with Crippen molar-refractivity contribution in [2.45, 2.75) is 33.1 Å². The summed E-state index contributed by atoms with van der Waals surface area (Å²) in [6.45, 7) is 4.31. The highest BCUT2D eigenvalue weighted by atomic mass is 19.1. The van der Waals surface area contributed by atoms with E-state index in [2.05, 4.69) is 15.4 Å². The Morgan fingerprint density at radius 2 is 2.12 bits per heavy atom. The third kappa shape index (κ3) is 3.37. The highest BCUT2D eigenvalue weighted by Gasteiger charge is 2.18. The summed E-state index contributed by atoms with van der Waals surface area (Å²) in [7, 11) is 0. The second kappa shape index (κ2) is 7.51. The molecule has 26 heavy (non-hydrogen) atoms. The molecule has 0 radical (unpaired) electrons. The van der Waals surface area contributed by atoms with Gasteiger partial charge in [-0.15, -0.1) is 0 Å². The summed E-state index contributed by atoms with van der Waals surface area (Å²) >= 11 is 0. The van der Waals surface area contributed by atoms with E-state index in [1.54, 1.807) is 25.1 Å². The van der Waals surface area contributed by atoms with E-state index >= 15 is 0 Å². The van der Waals surface area contributed by atoms with Crippen LogP contribution >= 0.6 is 0 Å². The number of rotatable bonds is 6. The second-order valence-electron chi connectivity index (χ2n) is 6.20. The molecule has 1 amide bonds. The van der Waals surface area contributed by atoms with Crippen molar-refractivity contribution < 1.29 is 9.18 Å². The van der Waals surface area contributed by atoms with Gasteiger partial charge in [-0.25, -0.2) is 13.9 Å². The van der Waals surface area contributed by atoms with E-state index in [-0.39, 0.29) is 29.4 Å². The Balaban J connectivity index is 1.98. The molecule has 2 aromatic heterocycles. The summed E-state index contributed by atoms with van der Waals surface area (Å²) in [5.41, 5.74) is 1.58. The minimum absolute atomic E-state index is 0.143. The normalized spacial score (nSPS) is 11.0. The van der Waals surface area contributed by atoms with Gasteiger partial charge < -0.3 is 5.32 Å². The molecule has 2 N–H and O–H groups in total. The Morgan fingerprint density at radius 1 is 1.35 bits per heavy atom. The van der Waals surface area contributed by atoms with Crippen LogP contribution < -0.4 is 10.9 Å². The Labute approximate surface area is 150 Å². The minimum Gasteiger partial charge on any atom is -0.352 e. The lowest BCUT2D eigenvalue weighted by molar-refractivity contribution is 0.0954. The van der Waals surface area contributed by atoms with Gasteiger partial charge in [0.2, 0.25) is 0 Å². The number of nitrogens with one attached hydrogen (secondary N) is 2. The zero-order valence-electron chi connectivity index (χ0n) is 14.8. The number of nitrogens with zero attached hydrogens (tertiary/aromatic N) is 2. The monoisotopic (exact) mass is 356 g/mol. The molecule has 1 aromatic carbocycles. The van der Waals surface area contributed by atoms with E-state index in [1.807, 2.05) is 6.92 Å². The van der Waals surface area contributed by atoms with E-state index in [1.165, 1.54) is 16.8 Å². The molecule has 0 spiro atoms. The summed E-state index contributed by atoms with van der Waals surface area (Å²) in [4.78, 5) is 29.5. The predicted octanol–water partition coefficient (Wildman–Crippen LogP) is 2.59. The van der Waals surface area contributed by atoms with Crippen LogP contribution in [0, 0.1) is 12.7 Å². The molecule has 0 bridgehead atoms. The van der Waals surface area contributed by atoms with Gasteiger partial charge in [0.15, 0.2) is 5.65 Å². The van der Waals surface area contributed by atoms with Crippen molar-refractivity contribution >= 4 is 11.6 Å². The van der Waals surface area contributed by atoms with Crippen molar-refractivity contribution in [3.05, 3.63) is 69.0 Å². The number of H-pyrrole nitrogens is 1. The molecule has 0 fully saturated rings. The third-order valence-electron chi connectivity index (χ3n) is 4.35. The van der Waals surface area contributed by atoms with Crippen molar-refractivity contribution in [3.63, 3.8) is 0 Å². The fraction of sp³-hybridized carbons (Fsp3) is 0.316. The molecule has 3 rings (SSSR count). The van der Waals surface area contributed by atoms with Gasteiger partial charge in [0.05, 0.1) is 0 Å². The van der Waals surface area contributed by atoms with Crippen LogP contribution in [0.3, 0.4) is 0 Å². The summed E-state index contributed by atoms with van der Waals surface area (Å²) in [5.74, 6) is -0.635. The standard InChI is InChI=1S/C19H21FN4O2/c1-3-4-9-21-18(25)15-11-22-24-17(15)23-12(2)14(19(24)26)10-13-7-5-6-8-16(13)20/h5-8,11,22H,3-4,9-10H2,1-2H3,(H,21,25). The van der Waals surface area contributed by atoms with Crippen LogP contribution in [-0.2, 0) is 6.42 Å². The lowest BCUT2D eigenvalue weighted by atomic mass is 10.0. The number of fused-ring (bicyclic) bond motifs is 1. The van der Waals surface area contributed by atoms with Crippen LogP contribution in [0.2, 0.25) is 0 Å². The summed E-state index contributed by atoms with van der Waals surface area (Å²) < 4.78 is 15.2. The molecular weight excluding hydrogens is 335 g/mol. The number of hydrogen-bond acceptors (Lipinski definition) is 3. The number of carbonyl (C=O) groups is 1. The molecule has 0 atom stereocenters. The maximum Gasteiger partial charge on any atom is 0.276 e. The second-order valence-corrected chi connectivity index (χ2v) is 6.20. The van der Waals surface area contributed by atoms with E-state index in [4.69, 9.17) is 0 Å². The fourth-order valence-electron chi connectivity index (χ4n) is 2.83. The first-order valence-corrected chi connectivity index (χ1v) is 8.64. The van der Waals surface area contributed by atoms with Crippen LogP contribution in [0.4, 0.5) is 4.39 Å². The number of unbranched alkanes of at least 4 members (excludes halogenated alkanes) is 1. The summed E-state index contributed by atoms with van der Waals surface area (Å²) in [6.07, 6.45) is 3.47. The van der Waals surface area contributed by atoms with Crippen LogP contribution in [0.15, 0.2) is 35.3 Å². The SMILES string of the molecule is CCCCNC(=O)c1c[nH]n2c(=O)c(Cc3ccccc3F)c(C)nc12. The number of aromatic nitrogens is 3. The molecule has 0 aliphatic carbocycles. The van der Waals surface area contributed by atoms with Crippen molar-refractivity contribution in [3.8, 4) is 0 Å². The first kappa shape index (κ1) is 17.8. The van der Waals surface area contributed by atoms with Crippen molar-refractivity contribution in [1.82, 2.24) is 19.9 Å². The highest BCUT2D eigenvalue weighted by Crippen LogP contribution is 2.15. The molecule has 0 saturated carbocycles. The quantitative estimate of drug-likeness (QED) is 0.666. The summed E-state index contributed by atoms with van der Waals surface area (Å²) in [5, 5.41) is 5.60. The maximum atomic E-state index is 13.9. The van der Waals surface area contributed by atoms with Crippen LogP contribution in [0.1, 0.15) is 46.9 Å².